The van der Waals surface area contributed by atoms with E-state index in [0.717, 1.165) is 11.0 Å². The molecule has 0 saturated carbocycles. The van der Waals surface area contributed by atoms with Gasteiger partial charge in [0.25, 0.3) is 0 Å². The molecule has 3 nitrogen and oxygen atoms in total. The molecule has 15 heavy (non-hydrogen) atoms. The third-order valence-electron chi connectivity index (χ3n) is 2.21. The van der Waals surface area contributed by atoms with E-state index < -0.39 is 4.29 Å². The summed E-state index contributed by atoms with van der Waals surface area (Å²) in [5.41, 5.74) is 2.36. The molecule has 0 aliphatic carbocycles. The number of aromatic nitrogens is 2. The van der Waals surface area contributed by atoms with Gasteiger partial charge < -0.3 is 4.57 Å². The van der Waals surface area contributed by atoms with Crippen molar-refractivity contribution in [3.63, 3.8) is 0 Å². The maximum atomic E-state index is 11.6. The quantitative estimate of drug-likeness (QED) is 0.629. The van der Waals surface area contributed by atoms with Crippen LogP contribution in [0.5, 0.6) is 0 Å². The van der Waals surface area contributed by atoms with E-state index in [0.29, 0.717) is 5.56 Å². The van der Waals surface area contributed by atoms with E-state index in [1.54, 1.807) is 18.5 Å². The predicted molar refractivity (Wildman–Crippen MR) is 63.6 cm³/mol. The van der Waals surface area contributed by atoms with Gasteiger partial charge in [0.2, 0.25) is 0 Å². The summed E-state index contributed by atoms with van der Waals surface area (Å²) in [4.78, 5) is 15.8. The van der Waals surface area contributed by atoms with Crippen LogP contribution < -0.4 is 0 Å². The van der Waals surface area contributed by atoms with Crippen molar-refractivity contribution < 1.29 is 4.79 Å². The molecule has 2 rings (SSSR count). The maximum Gasteiger partial charge on any atom is 0.191 e. The Morgan fingerprint density at radius 1 is 1.60 bits per heavy atom. The zero-order chi connectivity index (χ0) is 11.0. The molecule has 1 atom stereocenters. The first-order chi connectivity index (χ1) is 7.09. The van der Waals surface area contributed by atoms with Gasteiger partial charge in [-0.15, -0.1) is 11.6 Å². The summed E-state index contributed by atoms with van der Waals surface area (Å²) in [6.45, 7) is 0. The lowest BCUT2D eigenvalue weighted by Crippen LogP contribution is -2.07. The standard InChI is InChI=1S/C10H8BrClN2O/c1-14-5-13-7-4-6(2-3-8(7)14)9(15)10(11)12/h2-5,10H,1H3. The van der Waals surface area contributed by atoms with Crippen molar-refractivity contribution in [2.45, 2.75) is 4.29 Å². The Bertz CT molecular complexity index is 521. The highest BCUT2D eigenvalue weighted by Crippen LogP contribution is 2.18. The number of aryl methyl sites for hydroxylation is 1. The zero-order valence-electron chi connectivity index (χ0n) is 7.95. The molecule has 1 aromatic heterocycles. The van der Waals surface area contributed by atoms with Crippen molar-refractivity contribution in [3.05, 3.63) is 30.1 Å². The second-order valence-electron chi connectivity index (χ2n) is 3.22. The fourth-order valence-corrected chi connectivity index (χ4v) is 1.81. The number of rotatable bonds is 2. The molecule has 0 saturated heterocycles. The van der Waals surface area contributed by atoms with E-state index in [-0.39, 0.29) is 5.78 Å². The van der Waals surface area contributed by atoms with Crippen LogP contribution in [0.1, 0.15) is 10.4 Å². The normalized spacial score (nSPS) is 13.0. The topological polar surface area (TPSA) is 34.9 Å². The summed E-state index contributed by atoms with van der Waals surface area (Å²) in [6, 6.07) is 5.36. The number of carbonyl (C=O) groups excluding carboxylic acids is 1. The molecule has 1 heterocycles. The molecule has 0 amide bonds. The molecule has 0 spiro atoms. The van der Waals surface area contributed by atoms with E-state index in [2.05, 4.69) is 20.9 Å². The number of nitrogens with zero attached hydrogens (tertiary/aromatic N) is 2. The van der Waals surface area contributed by atoms with Crippen LogP contribution in [0.15, 0.2) is 24.5 Å². The average Bonchev–Trinajstić information content (AvgIpc) is 2.59. The largest absolute Gasteiger partial charge is 0.334 e. The number of hydrogen-bond acceptors (Lipinski definition) is 2. The highest BCUT2D eigenvalue weighted by atomic mass is 79.9. The predicted octanol–water partition coefficient (Wildman–Crippen LogP) is 2.72. The van der Waals surface area contributed by atoms with Gasteiger partial charge in [-0.25, -0.2) is 4.98 Å². The van der Waals surface area contributed by atoms with Gasteiger partial charge in [-0.1, -0.05) is 15.9 Å². The number of alkyl halides is 2. The van der Waals surface area contributed by atoms with Crippen LogP contribution in [-0.4, -0.2) is 19.6 Å². The van der Waals surface area contributed by atoms with Crippen LogP contribution in [0, 0.1) is 0 Å². The Morgan fingerprint density at radius 2 is 2.33 bits per heavy atom. The molecule has 0 aliphatic rings. The SMILES string of the molecule is Cn1cnc2cc(C(=O)C(Cl)Br)ccc21. The molecule has 78 valence electrons. The number of benzene rings is 1. The number of ketones is 1. The average molecular weight is 288 g/mol. The molecular weight excluding hydrogens is 279 g/mol. The highest BCUT2D eigenvalue weighted by Gasteiger charge is 2.14. The number of Topliss-reactive ketones (excluding diaryl/α,β-unsaturated/α-hetero) is 1. The van der Waals surface area contributed by atoms with Crippen LogP contribution in [0.4, 0.5) is 0 Å². The molecule has 0 radical (unpaired) electrons. The third-order valence-corrected chi connectivity index (χ3v) is 2.82. The summed E-state index contributed by atoms with van der Waals surface area (Å²) in [7, 11) is 1.91. The molecule has 2 aromatic rings. The summed E-state index contributed by atoms with van der Waals surface area (Å²) in [5, 5.41) is 0. The minimum Gasteiger partial charge on any atom is -0.334 e. The minimum absolute atomic E-state index is 0.149. The van der Waals surface area contributed by atoms with E-state index >= 15 is 0 Å². The Hall–Kier alpha value is -0.870. The van der Waals surface area contributed by atoms with Crippen LogP contribution in [0.25, 0.3) is 11.0 Å². The number of halogens is 2. The van der Waals surface area contributed by atoms with Crippen LogP contribution >= 0.6 is 27.5 Å². The summed E-state index contributed by atoms with van der Waals surface area (Å²) in [6.07, 6.45) is 1.71. The van der Waals surface area contributed by atoms with Gasteiger partial charge in [-0.3, -0.25) is 4.79 Å². The van der Waals surface area contributed by atoms with Crippen molar-refractivity contribution >= 4 is 44.3 Å². The van der Waals surface area contributed by atoms with E-state index in [1.807, 2.05) is 17.7 Å². The lowest BCUT2D eigenvalue weighted by atomic mass is 10.1. The number of hydrogen-bond donors (Lipinski definition) is 0. The van der Waals surface area contributed by atoms with Gasteiger partial charge in [0.05, 0.1) is 17.4 Å². The van der Waals surface area contributed by atoms with Crippen molar-refractivity contribution in [2.24, 2.45) is 7.05 Å². The number of fused-ring (bicyclic) bond motifs is 1. The Balaban J connectivity index is 2.52. The van der Waals surface area contributed by atoms with Crippen molar-refractivity contribution in [3.8, 4) is 0 Å². The third kappa shape index (κ3) is 1.92. The monoisotopic (exact) mass is 286 g/mol. The van der Waals surface area contributed by atoms with Gasteiger partial charge in [0.1, 0.15) is 0 Å². The molecule has 0 fully saturated rings. The van der Waals surface area contributed by atoms with Crippen LogP contribution in [-0.2, 0) is 7.05 Å². The van der Waals surface area contributed by atoms with Gasteiger partial charge in [0.15, 0.2) is 10.1 Å². The lowest BCUT2D eigenvalue weighted by Gasteiger charge is -2.01. The Labute approximate surface area is 100 Å². The van der Waals surface area contributed by atoms with Crippen LogP contribution in [0.3, 0.4) is 0 Å². The van der Waals surface area contributed by atoms with E-state index in [9.17, 15) is 4.79 Å². The summed E-state index contributed by atoms with van der Waals surface area (Å²) in [5.74, 6) is -0.149. The molecule has 0 aliphatic heterocycles. The molecule has 1 unspecified atom stereocenters. The number of imidazole rings is 1. The van der Waals surface area contributed by atoms with E-state index in [4.69, 9.17) is 11.6 Å². The second-order valence-corrected chi connectivity index (χ2v) is 5.10. The van der Waals surface area contributed by atoms with Crippen LogP contribution in [0.2, 0.25) is 0 Å². The minimum atomic E-state index is -0.682. The number of carbonyl (C=O) groups is 1. The molecule has 0 N–H and O–H groups in total. The summed E-state index contributed by atoms with van der Waals surface area (Å²) >= 11 is 8.70. The van der Waals surface area contributed by atoms with Gasteiger partial charge in [0, 0.05) is 12.6 Å². The Morgan fingerprint density at radius 3 is 3.00 bits per heavy atom. The van der Waals surface area contributed by atoms with E-state index in [1.165, 1.54) is 0 Å². The first kappa shape index (κ1) is 10.6. The second kappa shape index (κ2) is 3.94. The van der Waals surface area contributed by atoms with Crippen molar-refractivity contribution in [1.29, 1.82) is 0 Å². The molecular formula is C10H8BrClN2O. The smallest absolute Gasteiger partial charge is 0.191 e. The first-order valence-corrected chi connectivity index (χ1v) is 5.68. The highest BCUT2D eigenvalue weighted by molar-refractivity contribution is 9.10. The molecule has 0 bridgehead atoms. The fraction of sp³-hybridized carbons (Fsp3) is 0.200. The Kier molecular flexibility index (Phi) is 2.80. The maximum absolute atomic E-state index is 11.6. The van der Waals surface area contributed by atoms with Gasteiger partial charge in [-0.05, 0) is 18.2 Å². The summed E-state index contributed by atoms with van der Waals surface area (Å²) < 4.78 is 1.22. The molecule has 5 heteroatoms. The molecule has 1 aromatic carbocycles. The fourth-order valence-electron chi connectivity index (χ4n) is 1.42. The van der Waals surface area contributed by atoms with Crippen molar-refractivity contribution in [2.75, 3.05) is 0 Å². The van der Waals surface area contributed by atoms with Gasteiger partial charge in [-0.2, -0.15) is 0 Å². The zero-order valence-corrected chi connectivity index (χ0v) is 10.3. The lowest BCUT2D eigenvalue weighted by molar-refractivity contribution is 0.101. The first-order valence-electron chi connectivity index (χ1n) is 4.33. The van der Waals surface area contributed by atoms with Crippen molar-refractivity contribution in [1.82, 2.24) is 9.55 Å². The van der Waals surface area contributed by atoms with Gasteiger partial charge >= 0.3 is 0 Å².